The standard InChI is InChI=1S/C14H24N2/c1-13(2)16(11-6-10-15)12-9-14-7-4-3-5-8-14/h3-5,7-8,13H,6,9-12,15H2,1-2H3. The molecule has 0 spiro atoms. The highest BCUT2D eigenvalue weighted by Gasteiger charge is 2.08. The highest BCUT2D eigenvalue weighted by atomic mass is 15.1. The summed E-state index contributed by atoms with van der Waals surface area (Å²) in [4.78, 5) is 2.50. The number of nitrogens with two attached hydrogens (primary N) is 1. The van der Waals surface area contributed by atoms with Gasteiger partial charge in [0, 0.05) is 12.6 Å². The summed E-state index contributed by atoms with van der Waals surface area (Å²) in [7, 11) is 0. The van der Waals surface area contributed by atoms with Crippen molar-refractivity contribution in [2.75, 3.05) is 19.6 Å². The van der Waals surface area contributed by atoms with Crippen LogP contribution in [0.3, 0.4) is 0 Å². The minimum atomic E-state index is 0.607. The summed E-state index contributed by atoms with van der Waals surface area (Å²) in [6.45, 7) is 7.53. The first-order valence-corrected chi connectivity index (χ1v) is 6.22. The largest absolute Gasteiger partial charge is 0.330 e. The Morgan fingerprint density at radius 1 is 1.12 bits per heavy atom. The molecule has 0 saturated heterocycles. The Kier molecular flexibility index (Phi) is 6.12. The van der Waals surface area contributed by atoms with Crippen molar-refractivity contribution in [3.8, 4) is 0 Å². The van der Waals surface area contributed by atoms with Crippen LogP contribution in [-0.2, 0) is 6.42 Å². The Bertz CT molecular complexity index is 269. The Morgan fingerprint density at radius 3 is 2.38 bits per heavy atom. The number of rotatable bonds is 7. The lowest BCUT2D eigenvalue weighted by atomic mass is 10.1. The summed E-state index contributed by atoms with van der Waals surface area (Å²) >= 11 is 0. The number of nitrogens with zero attached hydrogens (tertiary/aromatic N) is 1. The Balaban J connectivity index is 2.38. The minimum Gasteiger partial charge on any atom is -0.330 e. The van der Waals surface area contributed by atoms with Crippen molar-refractivity contribution in [2.45, 2.75) is 32.7 Å². The zero-order valence-electron chi connectivity index (χ0n) is 10.5. The maximum Gasteiger partial charge on any atom is 0.00387 e. The molecule has 2 N–H and O–H groups in total. The molecule has 16 heavy (non-hydrogen) atoms. The van der Waals surface area contributed by atoms with Crippen molar-refractivity contribution < 1.29 is 0 Å². The summed E-state index contributed by atoms with van der Waals surface area (Å²) < 4.78 is 0. The molecule has 0 heterocycles. The molecule has 90 valence electrons. The van der Waals surface area contributed by atoms with Gasteiger partial charge in [-0.1, -0.05) is 30.3 Å². The molecule has 2 heteroatoms. The zero-order chi connectivity index (χ0) is 11.8. The van der Waals surface area contributed by atoms with Crippen LogP contribution in [0.1, 0.15) is 25.8 Å². The molecule has 0 unspecified atom stereocenters. The van der Waals surface area contributed by atoms with E-state index in [0.29, 0.717) is 6.04 Å². The van der Waals surface area contributed by atoms with Crippen molar-refractivity contribution in [1.29, 1.82) is 0 Å². The Morgan fingerprint density at radius 2 is 1.81 bits per heavy atom. The van der Waals surface area contributed by atoms with E-state index in [4.69, 9.17) is 5.73 Å². The van der Waals surface area contributed by atoms with Crippen molar-refractivity contribution in [3.05, 3.63) is 35.9 Å². The van der Waals surface area contributed by atoms with Gasteiger partial charge in [-0.15, -0.1) is 0 Å². The fourth-order valence-corrected chi connectivity index (χ4v) is 1.84. The summed E-state index contributed by atoms with van der Waals surface area (Å²) in [6.07, 6.45) is 2.22. The maximum absolute atomic E-state index is 5.56. The lowest BCUT2D eigenvalue weighted by molar-refractivity contribution is 0.223. The van der Waals surface area contributed by atoms with E-state index in [1.54, 1.807) is 0 Å². The predicted molar refractivity (Wildman–Crippen MR) is 70.5 cm³/mol. The van der Waals surface area contributed by atoms with E-state index in [2.05, 4.69) is 49.1 Å². The van der Waals surface area contributed by atoms with Gasteiger partial charge in [0.05, 0.1) is 0 Å². The lowest BCUT2D eigenvalue weighted by Crippen LogP contribution is -2.34. The molecule has 0 aromatic heterocycles. The van der Waals surface area contributed by atoms with E-state index >= 15 is 0 Å². The minimum absolute atomic E-state index is 0.607. The monoisotopic (exact) mass is 220 g/mol. The fourth-order valence-electron chi connectivity index (χ4n) is 1.84. The number of benzene rings is 1. The van der Waals surface area contributed by atoms with Gasteiger partial charge in [0.2, 0.25) is 0 Å². The molecule has 0 radical (unpaired) electrons. The SMILES string of the molecule is CC(C)N(CCCN)CCc1ccccc1. The van der Waals surface area contributed by atoms with E-state index < -0.39 is 0 Å². The van der Waals surface area contributed by atoms with Crippen LogP contribution in [0.4, 0.5) is 0 Å². The van der Waals surface area contributed by atoms with E-state index in [9.17, 15) is 0 Å². The van der Waals surface area contributed by atoms with Gasteiger partial charge in [0.15, 0.2) is 0 Å². The van der Waals surface area contributed by atoms with Crippen LogP contribution in [0.2, 0.25) is 0 Å². The van der Waals surface area contributed by atoms with Crippen LogP contribution < -0.4 is 5.73 Å². The van der Waals surface area contributed by atoms with Crippen molar-refractivity contribution >= 4 is 0 Å². The molecule has 0 saturated carbocycles. The van der Waals surface area contributed by atoms with Gasteiger partial charge in [0.25, 0.3) is 0 Å². The van der Waals surface area contributed by atoms with E-state index in [1.807, 2.05) is 0 Å². The summed E-state index contributed by atoms with van der Waals surface area (Å²) in [6, 6.07) is 11.3. The number of hydrogen-bond acceptors (Lipinski definition) is 2. The molecular weight excluding hydrogens is 196 g/mol. The molecular formula is C14H24N2. The smallest absolute Gasteiger partial charge is 0.00387 e. The highest BCUT2D eigenvalue weighted by molar-refractivity contribution is 5.14. The van der Waals surface area contributed by atoms with Crippen LogP contribution in [0.5, 0.6) is 0 Å². The summed E-state index contributed by atoms with van der Waals surface area (Å²) in [5, 5.41) is 0. The topological polar surface area (TPSA) is 29.3 Å². The molecule has 0 fully saturated rings. The first-order valence-electron chi connectivity index (χ1n) is 6.22. The second-order valence-corrected chi connectivity index (χ2v) is 4.51. The first-order chi connectivity index (χ1) is 7.74. The Hall–Kier alpha value is -0.860. The third-order valence-electron chi connectivity index (χ3n) is 2.91. The van der Waals surface area contributed by atoms with Crippen LogP contribution in [0, 0.1) is 0 Å². The van der Waals surface area contributed by atoms with Gasteiger partial charge in [-0.05, 0) is 45.3 Å². The van der Waals surface area contributed by atoms with Gasteiger partial charge in [-0.25, -0.2) is 0 Å². The second kappa shape index (κ2) is 7.42. The summed E-state index contributed by atoms with van der Waals surface area (Å²) in [5.74, 6) is 0. The van der Waals surface area contributed by atoms with Gasteiger partial charge in [0.1, 0.15) is 0 Å². The lowest BCUT2D eigenvalue weighted by Gasteiger charge is -2.26. The second-order valence-electron chi connectivity index (χ2n) is 4.51. The van der Waals surface area contributed by atoms with Gasteiger partial charge < -0.3 is 10.6 Å². The van der Waals surface area contributed by atoms with Crippen molar-refractivity contribution in [1.82, 2.24) is 4.90 Å². The molecule has 0 amide bonds. The molecule has 1 aromatic rings. The molecule has 0 atom stereocenters. The van der Waals surface area contributed by atoms with Gasteiger partial charge >= 0.3 is 0 Å². The van der Waals surface area contributed by atoms with E-state index in [-0.39, 0.29) is 0 Å². The normalized spacial score (nSPS) is 11.3. The average Bonchev–Trinajstić information content (AvgIpc) is 2.30. The predicted octanol–water partition coefficient (Wildman–Crippen LogP) is 2.29. The molecule has 0 aliphatic carbocycles. The third-order valence-corrected chi connectivity index (χ3v) is 2.91. The first kappa shape index (κ1) is 13.2. The molecule has 1 aromatic carbocycles. The zero-order valence-corrected chi connectivity index (χ0v) is 10.5. The fraction of sp³-hybridized carbons (Fsp3) is 0.571. The molecule has 0 bridgehead atoms. The van der Waals surface area contributed by atoms with Gasteiger partial charge in [-0.3, -0.25) is 0 Å². The summed E-state index contributed by atoms with van der Waals surface area (Å²) in [5.41, 5.74) is 6.98. The highest BCUT2D eigenvalue weighted by Crippen LogP contribution is 2.05. The van der Waals surface area contributed by atoms with Gasteiger partial charge in [-0.2, -0.15) is 0 Å². The van der Waals surface area contributed by atoms with E-state index in [0.717, 1.165) is 32.5 Å². The van der Waals surface area contributed by atoms with Crippen LogP contribution in [-0.4, -0.2) is 30.6 Å². The molecule has 1 rings (SSSR count). The third kappa shape index (κ3) is 4.77. The van der Waals surface area contributed by atoms with Crippen LogP contribution in [0.15, 0.2) is 30.3 Å². The van der Waals surface area contributed by atoms with Crippen molar-refractivity contribution in [2.24, 2.45) is 5.73 Å². The van der Waals surface area contributed by atoms with Crippen molar-refractivity contribution in [3.63, 3.8) is 0 Å². The van der Waals surface area contributed by atoms with Crippen LogP contribution >= 0.6 is 0 Å². The Labute approximate surface area is 99.5 Å². The van der Waals surface area contributed by atoms with Crippen LogP contribution in [0.25, 0.3) is 0 Å². The number of hydrogen-bond donors (Lipinski definition) is 1. The quantitative estimate of drug-likeness (QED) is 0.764. The average molecular weight is 220 g/mol. The molecule has 0 aliphatic heterocycles. The molecule has 0 aliphatic rings. The molecule has 2 nitrogen and oxygen atoms in total. The maximum atomic E-state index is 5.56. The van der Waals surface area contributed by atoms with E-state index in [1.165, 1.54) is 5.56 Å².